The second kappa shape index (κ2) is 7.75. The Bertz CT molecular complexity index is 1020. The smallest absolute Gasteiger partial charge is 0.325 e. The molecule has 1 amide bonds. The molecule has 2 N–H and O–H groups in total. The molecule has 29 heavy (non-hydrogen) atoms. The van der Waals surface area contributed by atoms with Crippen molar-refractivity contribution in [2.45, 2.75) is 24.2 Å². The predicted octanol–water partition coefficient (Wildman–Crippen LogP) is 5.14. The van der Waals surface area contributed by atoms with Gasteiger partial charge in [-0.1, -0.05) is 11.6 Å². The molecule has 0 aliphatic carbocycles. The first kappa shape index (κ1) is 22.8. The summed E-state index contributed by atoms with van der Waals surface area (Å²) in [6, 6.07) is 3.35. The monoisotopic (exact) mass is 460 g/mol. The van der Waals surface area contributed by atoms with E-state index in [0.717, 1.165) is 12.1 Å². The van der Waals surface area contributed by atoms with Crippen LogP contribution in [0.4, 0.5) is 37.7 Å². The van der Waals surface area contributed by atoms with Crippen LogP contribution in [0.3, 0.4) is 0 Å². The fourth-order valence-electron chi connectivity index (χ4n) is 2.17. The number of carbonyl (C=O) groups excluding carboxylic acids is 1. The summed E-state index contributed by atoms with van der Waals surface area (Å²) in [5.41, 5.74) is -3.66. The Hall–Kier alpha value is -2.47. The molecule has 2 rings (SSSR count). The molecule has 0 aliphatic heterocycles. The van der Waals surface area contributed by atoms with Crippen molar-refractivity contribution in [1.82, 2.24) is 0 Å². The second-order valence-electron chi connectivity index (χ2n) is 5.72. The Morgan fingerprint density at radius 2 is 1.45 bits per heavy atom. The quantitative estimate of drug-likeness (QED) is 0.621. The van der Waals surface area contributed by atoms with Crippen molar-refractivity contribution in [2.24, 2.45) is 0 Å². The number of benzene rings is 2. The van der Waals surface area contributed by atoms with E-state index in [4.69, 9.17) is 11.6 Å². The first-order valence-corrected chi connectivity index (χ1v) is 9.35. The Labute approximate surface area is 165 Å². The third-order valence-corrected chi connectivity index (χ3v) is 5.08. The van der Waals surface area contributed by atoms with Gasteiger partial charge in [0, 0.05) is 6.92 Å². The SMILES string of the molecule is CC(=O)Nc1ccc(NS(=O)(=O)c2cc(C(F)(F)F)cc(C(F)(F)F)c2)cc1Cl. The number of halogens is 7. The van der Waals surface area contributed by atoms with Crippen LogP contribution in [-0.4, -0.2) is 14.3 Å². The molecule has 0 atom stereocenters. The van der Waals surface area contributed by atoms with Gasteiger partial charge in [-0.15, -0.1) is 0 Å². The van der Waals surface area contributed by atoms with E-state index >= 15 is 0 Å². The zero-order chi connectivity index (χ0) is 22.2. The highest BCUT2D eigenvalue weighted by molar-refractivity contribution is 7.92. The molecule has 158 valence electrons. The lowest BCUT2D eigenvalue weighted by molar-refractivity contribution is -0.143. The maximum Gasteiger partial charge on any atom is 0.416 e. The highest BCUT2D eigenvalue weighted by atomic mass is 35.5. The van der Waals surface area contributed by atoms with Gasteiger partial charge in [-0.2, -0.15) is 26.3 Å². The first-order valence-electron chi connectivity index (χ1n) is 7.49. The predicted molar refractivity (Wildman–Crippen MR) is 93.0 cm³/mol. The first-order chi connectivity index (χ1) is 13.1. The molecule has 0 unspecified atom stereocenters. The summed E-state index contributed by atoms with van der Waals surface area (Å²) in [7, 11) is -4.83. The lowest BCUT2D eigenvalue weighted by Crippen LogP contribution is -2.17. The van der Waals surface area contributed by atoms with Crippen LogP contribution >= 0.6 is 11.6 Å². The van der Waals surface area contributed by atoms with E-state index in [9.17, 15) is 39.6 Å². The van der Waals surface area contributed by atoms with Crippen molar-refractivity contribution in [3.05, 3.63) is 52.5 Å². The molecule has 0 saturated heterocycles. The van der Waals surface area contributed by atoms with E-state index in [1.54, 1.807) is 0 Å². The normalized spacial score (nSPS) is 12.6. The van der Waals surface area contributed by atoms with Crippen molar-refractivity contribution >= 4 is 38.9 Å². The van der Waals surface area contributed by atoms with E-state index < -0.39 is 44.3 Å². The molecule has 0 bridgehead atoms. The van der Waals surface area contributed by atoms with Gasteiger partial charge in [-0.05, 0) is 36.4 Å². The fourth-order valence-corrected chi connectivity index (χ4v) is 3.51. The number of hydrogen-bond donors (Lipinski definition) is 2. The summed E-state index contributed by atoms with van der Waals surface area (Å²) in [5.74, 6) is -0.469. The van der Waals surface area contributed by atoms with Gasteiger partial charge < -0.3 is 5.32 Å². The van der Waals surface area contributed by atoms with Crippen LogP contribution in [0.25, 0.3) is 0 Å². The Balaban J connectivity index is 2.48. The average Bonchev–Trinajstić information content (AvgIpc) is 2.55. The third-order valence-electron chi connectivity index (χ3n) is 3.40. The van der Waals surface area contributed by atoms with Gasteiger partial charge in [0.2, 0.25) is 5.91 Å². The second-order valence-corrected chi connectivity index (χ2v) is 7.81. The number of nitrogens with one attached hydrogen (secondary N) is 2. The van der Waals surface area contributed by atoms with E-state index in [1.807, 2.05) is 4.72 Å². The average molecular weight is 461 g/mol. The van der Waals surface area contributed by atoms with Crippen LogP contribution in [0.2, 0.25) is 5.02 Å². The minimum absolute atomic E-state index is 0.0882. The molecule has 0 radical (unpaired) electrons. The van der Waals surface area contributed by atoms with Gasteiger partial charge >= 0.3 is 12.4 Å². The molecule has 2 aromatic carbocycles. The molecule has 5 nitrogen and oxygen atoms in total. The number of amides is 1. The van der Waals surface area contributed by atoms with Crippen molar-refractivity contribution in [3.63, 3.8) is 0 Å². The minimum atomic E-state index is -5.20. The van der Waals surface area contributed by atoms with Crippen molar-refractivity contribution in [3.8, 4) is 0 Å². The van der Waals surface area contributed by atoms with Crippen LogP contribution in [-0.2, 0) is 27.2 Å². The van der Waals surface area contributed by atoms with Crippen molar-refractivity contribution < 1.29 is 39.6 Å². The minimum Gasteiger partial charge on any atom is -0.325 e. The number of sulfonamides is 1. The van der Waals surface area contributed by atoms with Crippen LogP contribution in [0.15, 0.2) is 41.3 Å². The van der Waals surface area contributed by atoms with Gasteiger partial charge in [0.15, 0.2) is 0 Å². The summed E-state index contributed by atoms with van der Waals surface area (Å²) in [6.45, 7) is 1.19. The number of alkyl halides is 6. The van der Waals surface area contributed by atoms with Gasteiger partial charge in [-0.3, -0.25) is 9.52 Å². The molecule has 0 aliphatic rings. The largest absolute Gasteiger partial charge is 0.416 e. The van der Waals surface area contributed by atoms with E-state index in [0.29, 0.717) is 0 Å². The highest BCUT2D eigenvalue weighted by Gasteiger charge is 2.38. The molecular weight excluding hydrogens is 450 g/mol. The molecule has 0 heterocycles. The summed E-state index contributed by atoms with van der Waals surface area (Å²) < 4.78 is 104. The van der Waals surface area contributed by atoms with E-state index in [1.165, 1.54) is 13.0 Å². The highest BCUT2D eigenvalue weighted by Crippen LogP contribution is 2.37. The number of hydrogen-bond acceptors (Lipinski definition) is 3. The number of anilines is 2. The fraction of sp³-hybridized carbons (Fsp3) is 0.188. The van der Waals surface area contributed by atoms with Crippen LogP contribution in [0.5, 0.6) is 0 Å². The number of carbonyl (C=O) groups is 1. The summed E-state index contributed by atoms with van der Waals surface area (Å²) in [4.78, 5) is 9.79. The molecular formula is C16H11ClF6N2O3S. The Morgan fingerprint density at radius 1 is 0.931 bits per heavy atom. The standard InChI is InChI=1S/C16H11ClF6N2O3S/c1-8(26)24-14-3-2-11(7-13(14)17)25-29(27,28)12-5-9(15(18,19)20)4-10(6-12)16(21,22)23/h2-7,25H,1H3,(H,24,26). The van der Waals surface area contributed by atoms with Gasteiger partial charge in [0.05, 0.1) is 32.4 Å². The maximum absolute atomic E-state index is 12.9. The lowest BCUT2D eigenvalue weighted by Gasteiger charge is -2.15. The van der Waals surface area contributed by atoms with Crippen molar-refractivity contribution in [1.29, 1.82) is 0 Å². The van der Waals surface area contributed by atoms with E-state index in [2.05, 4.69) is 5.32 Å². The zero-order valence-corrected chi connectivity index (χ0v) is 15.8. The third kappa shape index (κ3) is 5.76. The van der Waals surface area contributed by atoms with Gasteiger partial charge in [-0.25, -0.2) is 8.42 Å². The van der Waals surface area contributed by atoms with Gasteiger partial charge in [0.1, 0.15) is 0 Å². The number of rotatable bonds is 4. The van der Waals surface area contributed by atoms with Crippen LogP contribution in [0, 0.1) is 0 Å². The zero-order valence-electron chi connectivity index (χ0n) is 14.2. The topological polar surface area (TPSA) is 75.3 Å². The lowest BCUT2D eigenvalue weighted by atomic mass is 10.1. The maximum atomic E-state index is 12.9. The van der Waals surface area contributed by atoms with Gasteiger partial charge in [0.25, 0.3) is 10.0 Å². The summed E-state index contributed by atoms with van der Waals surface area (Å²) >= 11 is 5.87. The molecule has 13 heteroatoms. The van der Waals surface area contributed by atoms with E-state index in [-0.39, 0.29) is 34.6 Å². The summed E-state index contributed by atoms with van der Waals surface area (Å²) in [6.07, 6.45) is -10.4. The summed E-state index contributed by atoms with van der Waals surface area (Å²) in [5, 5.41) is 2.23. The Morgan fingerprint density at radius 3 is 1.86 bits per heavy atom. The molecule has 0 aromatic heterocycles. The van der Waals surface area contributed by atoms with Crippen LogP contribution in [0.1, 0.15) is 18.1 Å². The molecule has 2 aromatic rings. The molecule has 0 fully saturated rings. The molecule has 0 spiro atoms. The van der Waals surface area contributed by atoms with Crippen LogP contribution < -0.4 is 10.0 Å². The van der Waals surface area contributed by atoms with Crippen molar-refractivity contribution in [2.75, 3.05) is 10.0 Å². The Kier molecular flexibility index (Phi) is 6.09. The molecule has 0 saturated carbocycles.